The molecule has 0 fully saturated rings. The van der Waals surface area contributed by atoms with Crippen molar-refractivity contribution < 1.29 is 4.74 Å². The third-order valence-electron chi connectivity index (χ3n) is 2.96. The van der Waals surface area contributed by atoms with Gasteiger partial charge < -0.3 is 15.4 Å². The SMILES string of the molecule is CN=C(NCCOC)NCc1cccc(-n2cccn2)c1.I. The molecule has 0 amide bonds. The molecule has 1 aromatic carbocycles. The molecule has 2 aromatic rings. The van der Waals surface area contributed by atoms with E-state index in [0.717, 1.165) is 23.8 Å². The minimum atomic E-state index is 0. The molecule has 0 aliphatic carbocycles. The van der Waals surface area contributed by atoms with Crippen molar-refractivity contribution in [2.45, 2.75) is 6.54 Å². The molecule has 0 aliphatic rings. The Labute approximate surface area is 148 Å². The zero-order valence-electron chi connectivity index (χ0n) is 12.8. The van der Waals surface area contributed by atoms with E-state index in [1.165, 1.54) is 0 Å². The van der Waals surface area contributed by atoms with Crippen LogP contribution in [0.2, 0.25) is 0 Å². The molecule has 0 bridgehead atoms. The number of nitrogens with one attached hydrogen (secondary N) is 2. The molecule has 7 heteroatoms. The smallest absolute Gasteiger partial charge is 0.191 e. The predicted octanol–water partition coefficient (Wildman–Crippen LogP) is 1.80. The van der Waals surface area contributed by atoms with Crippen molar-refractivity contribution in [3.05, 3.63) is 48.3 Å². The summed E-state index contributed by atoms with van der Waals surface area (Å²) in [6.07, 6.45) is 3.70. The van der Waals surface area contributed by atoms with Gasteiger partial charge in [0, 0.05) is 39.6 Å². The van der Waals surface area contributed by atoms with E-state index in [1.54, 1.807) is 20.4 Å². The standard InChI is InChI=1S/C15H21N5O.HI/c1-16-15(17-8-10-21-2)18-12-13-5-3-6-14(11-13)20-9-4-7-19-20;/h3-7,9,11H,8,10,12H2,1-2H3,(H2,16,17,18);1H. The molecule has 1 aromatic heterocycles. The summed E-state index contributed by atoms with van der Waals surface area (Å²) in [6.45, 7) is 2.07. The first kappa shape index (κ1) is 18.4. The summed E-state index contributed by atoms with van der Waals surface area (Å²) in [6, 6.07) is 10.1. The highest BCUT2D eigenvalue weighted by Gasteiger charge is 2.00. The molecule has 2 rings (SSSR count). The molecule has 0 saturated heterocycles. The summed E-state index contributed by atoms with van der Waals surface area (Å²) in [5.74, 6) is 0.761. The fourth-order valence-electron chi connectivity index (χ4n) is 1.91. The second kappa shape index (κ2) is 10.2. The number of ether oxygens (including phenoxy) is 1. The number of halogens is 1. The lowest BCUT2D eigenvalue weighted by Gasteiger charge is -2.12. The summed E-state index contributed by atoms with van der Waals surface area (Å²) in [4.78, 5) is 4.17. The Balaban J connectivity index is 0.00000242. The van der Waals surface area contributed by atoms with Gasteiger partial charge in [-0.05, 0) is 23.8 Å². The van der Waals surface area contributed by atoms with E-state index in [0.29, 0.717) is 13.2 Å². The van der Waals surface area contributed by atoms with E-state index in [9.17, 15) is 0 Å². The average molecular weight is 415 g/mol. The zero-order chi connectivity index (χ0) is 14.9. The number of hydrogen-bond acceptors (Lipinski definition) is 3. The van der Waals surface area contributed by atoms with Gasteiger partial charge in [0.15, 0.2) is 5.96 Å². The van der Waals surface area contributed by atoms with Gasteiger partial charge >= 0.3 is 0 Å². The monoisotopic (exact) mass is 415 g/mol. The second-order valence-corrected chi connectivity index (χ2v) is 4.47. The van der Waals surface area contributed by atoms with Crippen LogP contribution in [-0.4, -0.2) is 43.0 Å². The Kier molecular flexibility index (Phi) is 8.53. The van der Waals surface area contributed by atoms with Crippen molar-refractivity contribution in [2.75, 3.05) is 27.3 Å². The van der Waals surface area contributed by atoms with Gasteiger partial charge in [0.1, 0.15) is 0 Å². The normalized spacial score (nSPS) is 10.9. The first-order chi connectivity index (χ1) is 10.3. The van der Waals surface area contributed by atoms with Crippen LogP contribution in [0.4, 0.5) is 0 Å². The van der Waals surface area contributed by atoms with Crippen LogP contribution in [0.15, 0.2) is 47.7 Å². The van der Waals surface area contributed by atoms with Crippen molar-refractivity contribution >= 4 is 29.9 Å². The second-order valence-electron chi connectivity index (χ2n) is 4.47. The van der Waals surface area contributed by atoms with E-state index in [4.69, 9.17) is 4.74 Å². The highest BCUT2D eigenvalue weighted by molar-refractivity contribution is 14.0. The summed E-state index contributed by atoms with van der Waals surface area (Å²) < 4.78 is 6.84. The van der Waals surface area contributed by atoms with E-state index >= 15 is 0 Å². The number of methoxy groups -OCH3 is 1. The van der Waals surface area contributed by atoms with Crippen LogP contribution in [0.3, 0.4) is 0 Å². The van der Waals surface area contributed by atoms with Crippen LogP contribution in [0.25, 0.3) is 5.69 Å². The van der Waals surface area contributed by atoms with Gasteiger partial charge in [-0.2, -0.15) is 5.10 Å². The van der Waals surface area contributed by atoms with Crippen molar-refractivity contribution in [3.63, 3.8) is 0 Å². The van der Waals surface area contributed by atoms with Gasteiger partial charge in [0.25, 0.3) is 0 Å². The molecular formula is C15H22IN5O. The molecule has 2 N–H and O–H groups in total. The molecule has 0 atom stereocenters. The fourth-order valence-corrected chi connectivity index (χ4v) is 1.91. The first-order valence-electron chi connectivity index (χ1n) is 6.86. The van der Waals surface area contributed by atoms with Crippen LogP contribution >= 0.6 is 24.0 Å². The molecule has 6 nitrogen and oxygen atoms in total. The van der Waals surface area contributed by atoms with Crippen LogP contribution in [-0.2, 0) is 11.3 Å². The summed E-state index contributed by atoms with van der Waals surface area (Å²) >= 11 is 0. The van der Waals surface area contributed by atoms with Gasteiger partial charge in [0.05, 0.1) is 12.3 Å². The maximum absolute atomic E-state index is 5.00. The Morgan fingerprint density at radius 1 is 1.32 bits per heavy atom. The number of aliphatic imine (C=N–C) groups is 1. The van der Waals surface area contributed by atoms with Crippen LogP contribution in [0.5, 0.6) is 0 Å². The van der Waals surface area contributed by atoms with Crippen molar-refractivity contribution in [1.29, 1.82) is 0 Å². The highest BCUT2D eigenvalue weighted by Crippen LogP contribution is 2.09. The number of rotatable bonds is 6. The average Bonchev–Trinajstić information content (AvgIpc) is 3.05. The number of hydrogen-bond donors (Lipinski definition) is 2. The zero-order valence-corrected chi connectivity index (χ0v) is 15.2. The van der Waals surface area contributed by atoms with Crippen molar-refractivity contribution in [3.8, 4) is 5.69 Å². The summed E-state index contributed by atoms with van der Waals surface area (Å²) in [7, 11) is 3.43. The molecule has 0 radical (unpaired) electrons. The molecular weight excluding hydrogens is 393 g/mol. The number of aromatic nitrogens is 2. The summed E-state index contributed by atoms with van der Waals surface area (Å²) in [5.41, 5.74) is 2.21. The third-order valence-corrected chi connectivity index (χ3v) is 2.96. The van der Waals surface area contributed by atoms with E-state index in [-0.39, 0.29) is 24.0 Å². The Bertz CT molecular complexity index is 571. The van der Waals surface area contributed by atoms with Gasteiger partial charge in [-0.25, -0.2) is 4.68 Å². The first-order valence-corrected chi connectivity index (χ1v) is 6.86. The van der Waals surface area contributed by atoms with Gasteiger partial charge in [-0.1, -0.05) is 12.1 Å². The lowest BCUT2D eigenvalue weighted by Crippen LogP contribution is -2.38. The highest BCUT2D eigenvalue weighted by atomic mass is 127. The maximum atomic E-state index is 5.00. The van der Waals surface area contributed by atoms with Crippen LogP contribution in [0.1, 0.15) is 5.56 Å². The van der Waals surface area contributed by atoms with Crippen LogP contribution in [0, 0.1) is 0 Å². The molecule has 0 saturated carbocycles. The van der Waals surface area contributed by atoms with Gasteiger partial charge in [-0.3, -0.25) is 4.99 Å². The Morgan fingerprint density at radius 2 is 2.18 bits per heavy atom. The fraction of sp³-hybridized carbons (Fsp3) is 0.333. The minimum Gasteiger partial charge on any atom is -0.383 e. The quantitative estimate of drug-likeness (QED) is 0.327. The Morgan fingerprint density at radius 3 is 2.86 bits per heavy atom. The van der Waals surface area contributed by atoms with E-state index in [1.807, 2.05) is 29.1 Å². The largest absolute Gasteiger partial charge is 0.383 e. The van der Waals surface area contributed by atoms with E-state index in [2.05, 4.69) is 32.9 Å². The number of nitrogens with zero attached hydrogens (tertiary/aromatic N) is 3. The lowest BCUT2D eigenvalue weighted by molar-refractivity contribution is 0.203. The summed E-state index contributed by atoms with van der Waals surface area (Å²) in [5, 5.41) is 10.7. The van der Waals surface area contributed by atoms with Gasteiger partial charge in [-0.15, -0.1) is 24.0 Å². The molecule has 0 unspecified atom stereocenters. The van der Waals surface area contributed by atoms with Gasteiger partial charge in [0.2, 0.25) is 0 Å². The number of guanidine groups is 1. The molecule has 22 heavy (non-hydrogen) atoms. The van der Waals surface area contributed by atoms with E-state index < -0.39 is 0 Å². The third kappa shape index (κ3) is 5.64. The molecule has 120 valence electrons. The maximum Gasteiger partial charge on any atom is 0.191 e. The predicted molar refractivity (Wildman–Crippen MR) is 99.1 cm³/mol. The topological polar surface area (TPSA) is 63.5 Å². The van der Waals surface area contributed by atoms with Crippen LogP contribution < -0.4 is 10.6 Å². The minimum absolute atomic E-state index is 0. The Hall–Kier alpha value is -1.61. The van der Waals surface area contributed by atoms with Crippen molar-refractivity contribution in [2.24, 2.45) is 4.99 Å². The molecule has 1 heterocycles. The number of benzene rings is 1. The lowest BCUT2D eigenvalue weighted by atomic mass is 10.2. The molecule has 0 aliphatic heterocycles. The van der Waals surface area contributed by atoms with Crippen molar-refractivity contribution in [1.82, 2.24) is 20.4 Å². The molecule has 0 spiro atoms.